The van der Waals surface area contributed by atoms with Crippen LogP contribution in [0.5, 0.6) is 0 Å². The number of H-pyrrole nitrogens is 1. The van der Waals surface area contributed by atoms with Crippen LogP contribution in [-0.2, 0) is 6.42 Å². The number of aromatic nitrogens is 3. The Hall–Kier alpha value is -1.82. The largest absolute Gasteiger partial charge is 0.440 e. The number of hydrogen-bond acceptors (Lipinski definition) is 4. The van der Waals surface area contributed by atoms with E-state index in [1.54, 1.807) is 6.20 Å². The fourth-order valence-corrected chi connectivity index (χ4v) is 1.32. The highest BCUT2D eigenvalue weighted by atomic mass is 35.5. The van der Waals surface area contributed by atoms with Gasteiger partial charge in [0.15, 0.2) is 11.0 Å². The van der Waals surface area contributed by atoms with Gasteiger partial charge in [-0.2, -0.15) is 15.4 Å². The molecule has 16 heavy (non-hydrogen) atoms. The highest BCUT2D eigenvalue weighted by Crippen LogP contribution is 2.12. The van der Waals surface area contributed by atoms with Crippen LogP contribution in [0.15, 0.2) is 22.7 Å². The van der Waals surface area contributed by atoms with E-state index in [9.17, 15) is 4.79 Å². The smallest absolute Gasteiger partial charge is 0.287 e. The summed E-state index contributed by atoms with van der Waals surface area (Å²) >= 11 is 5.55. The summed E-state index contributed by atoms with van der Waals surface area (Å²) in [6.07, 6.45) is 2.21. The first-order valence-electron chi connectivity index (χ1n) is 4.64. The summed E-state index contributed by atoms with van der Waals surface area (Å²) in [5.74, 6) is -0.0967. The maximum Gasteiger partial charge on any atom is 0.287 e. The average Bonchev–Trinajstić information content (AvgIpc) is 2.89. The maximum atomic E-state index is 11.5. The number of halogens is 1. The van der Waals surface area contributed by atoms with Gasteiger partial charge in [0.05, 0.1) is 11.9 Å². The molecule has 7 heteroatoms. The number of carbonyl (C=O) groups excluding carboxylic acids is 1. The molecule has 0 radical (unpaired) electrons. The van der Waals surface area contributed by atoms with Crippen molar-refractivity contribution < 1.29 is 9.21 Å². The van der Waals surface area contributed by atoms with Gasteiger partial charge >= 0.3 is 0 Å². The number of nitrogens with one attached hydrogen (secondary N) is 2. The van der Waals surface area contributed by atoms with Crippen LogP contribution in [0, 0.1) is 0 Å². The van der Waals surface area contributed by atoms with E-state index in [0.717, 1.165) is 5.69 Å². The summed E-state index contributed by atoms with van der Waals surface area (Å²) in [5.41, 5.74) is 0.790. The lowest BCUT2D eigenvalue weighted by molar-refractivity contribution is 0.0926. The number of rotatable bonds is 4. The first kappa shape index (κ1) is 10.7. The molecule has 0 aromatic carbocycles. The van der Waals surface area contributed by atoms with Crippen molar-refractivity contribution in [1.82, 2.24) is 20.7 Å². The van der Waals surface area contributed by atoms with E-state index in [0.29, 0.717) is 13.0 Å². The molecule has 84 valence electrons. The number of hydrogen-bond donors (Lipinski definition) is 2. The van der Waals surface area contributed by atoms with Gasteiger partial charge in [0.1, 0.15) is 0 Å². The predicted octanol–water partition coefficient (Wildman–Crippen LogP) is 1.02. The van der Waals surface area contributed by atoms with Crippen molar-refractivity contribution >= 4 is 17.5 Å². The Morgan fingerprint density at radius 2 is 2.44 bits per heavy atom. The van der Waals surface area contributed by atoms with Crippen molar-refractivity contribution in [2.45, 2.75) is 6.42 Å². The zero-order chi connectivity index (χ0) is 11.4. The standard InChI is InChI=1S/C9H9ClN4O2/c10-8-2-1-7(16-8)9(15)11-4-3-6-5-12-14-13-6/h1-2,5H,3-4H2,(H,11,15)(H,12,13,14). The van der Waals surface area contributed by atoms with Gasteiger partial charge in [-0.05, 0) is 23.7 Å². The van der Waals surface area contributed by atoms with Crippen molar-refractivity contribution in [2.75, 3.05) is 6.54 Å². The molecule has 0 atom stereocenters. The van der Waals surface area contributed by atoms with Crippen LogP contribution < -0.4 is 5.32 Å². The lowest BCUT2D eigenvalue weighted by Gasteiger charge is -2.00. The predicted molar refractivity (Wildman–Crippen MR) is 56.1 cm³/mol. The summed E-state index contributed by atoms with van der Waals surface area (Å²) < 4.78 is 4.95. The molecule has 0 bridgehead atoms. The topological polar surface area (TPSA) is 83.8 Å². The minimum atomic E-state index is -0.296. The fraction of sp³-hybridized carbons (Fsp3) is 0.222. The third-order valence-electron chi connectivity index (χ3n) is 1.93. The Kier molecular flexibility index (Phi) is 3.21. The molecule has 0 spiro atoms. The first-order chi connectivity index (χ1) is 7.75. The molecule has 2 rings (SSSR count). The summed E-state index contributed by atoms with van der Waals surface area (Å²) in [6.45, 7) is 0.462. The highest BCUT2D eigenvalue weighted by Gasteiger charge is 2.09. The second kappa shape index (κ2) is 4.80. The van der Waals surface area contributed by atoms with E-state index in [-0.39, 0.29) is 16.9 Å². The van der Waals surface area contributed by atoms with E-state index in [1.165, 1.54) is 12.1 Å². The number of amides is 1. The van der Waals surface area contributed by atoms with Gasteiger partial charge in [0, 0.05) is 13.0 Å². The van der Waals surface area contributed by atoms with E-state index < -0.39 is 0 Å². The highest BCUT2D eigenvalue weighted by molar-refractivity contribution is 6.29. The molecule has 1 amide bonds. The Morgan fingerprint density at radius 1 is 1.56 bits per heavy atom. The van der Waals surface area contributed by atoms with Gasteiger partial charge in [0.2, 0.25) is 0 Å². The Labute approximate surface area is 96.0 Å². The molecule has 2 heterocycles. The van der Waals surface area contributed by atoms with Crippen molar-refractivity contribution in [3.05, 3.63) is 35.0 Å². The number of aromatic amines is 1. The molecule has 0 aliphatic carbocycles. The van der Waals surface area contributed by atoms with Gasteiger partial charge in [-0.25, -0.2) is 0 Å². The molecule has 2 aromatic heterocycles. The minimum absolute atomic E-state index is 0.196. The van der Waals surface area contributed by atoms with Crippen LogP contribution in [0.2, 0.25) is 5.22 Å². The van der Waals surface area contributed by atoms with Gasteiger partial charge < -0.3 is 9.73 Å². The molecule has 0 unspecified atom stereocenters. The van der Waals surface area contributed by atoms with Crippen LogP contribution in [0.1, 0.15) is 16.2 Å². The van der Waals surface area contributed by atoms with Crippen LogP contribution >= 0.6 is 11.6 Å². The van der Waals surface area contributed by atoms with Crippen molar-refractivity contribution in [1.29, 1.82) is 0 Å². The quantitative estimate of drug-likeness (QED) is 0.836. The monoisotopic (exact) mass is 240 g/mol. The second-order valence-corrected chi connectivity index (χ2v) is 3.44. The molecule has 0 saturated carbocycles. The van der Waals surface area contributed by atoms with Crippen molar-refractivity contribution in [3.8, 4) is 0 Å². The van der Waals surface area contributed by atoms with Gasteiger partial charge in [-0.3, -0.25) is 4.79 Å². The van der Waals surface area contributed by atoms with Gasteiger partial charge in [0.25, 0.3) is 5.91 Å². The molecule has 0 fully saturated rings. The lowest BCUT2D eigenvalue weighted by atomic mass is 10.3. The number of carbonyl (C=O) groups is 1. The third-order valence-corrected chi connectivity index (χ3v) is 2.13. The first-order valence-corrected chi connectivity index (χ1v) is 5.01. The molecule has 0 aliphatic rings. The van der Waals surface area contributed by atoms with Crippen molar-refractivity contribution in [3.63, 3.8) is 0 Å². The average molecular weight is 241 g/mol. The Balaban J connectivity index is 1.80. The zero-order valence-electron chi connectivity index (χ0n) is 8.24. The molecule has 2 N–H and O–H groups in total. The number of furan rings is 1. The molecular formula is C9H9ClN4O2. The maximum absolute atomic E-state index is 11.5. The van der Waals surface area contributed by atoms with E-state index >= 15 is 0 Å². The Morgan fingerprint density at radius 3 is 3.06 bits per heavy atom. The van der Waals surface area contributed by atoms with Gasteiger partial charge in [-0.1, -0.05) is 0 Å². The van der Waals surface area contributed by atoms with Crippen LogP contribution in [0.25, 0.3) is 0 Å². The normalized spacial score (nSPS) is 10.3. The lowest BCUT2D eigenvalue weighted by Crippen LogP contribution is -2.25. The van der Waals surface area contributed by atoms with E-state index in [2.05, 4.69) is 20.7 Å². The number of nitrogens with zero attached hydrogens (tertiary/aromatic N) is 2. The third kappa shape index (κ3) is 2.60. The molecule has 6 nitrogen and oxygen atoms in total. The van der Waals surface area contributed by atoms with E-state index in [4.69, 9.17) is 16.0 Å². The molecular weight excluding hydrogens is 232 g/mol. The van der Waals surface area contributed by atoms with Crippen LogP contribution in [0.3, 0.4) is 0 Å². The summed E-state index contributed by atoms with van der Waals surface area (Å²) in [7, 11) is 0. The van der Waals surface area contributed by atoms with Crippen molar-refractivity contribution in [2.24, 2.45) is 0 Å². The SMILES string of the molecule is O=C(NCCc1cn[nH]n1)c1ccc(Cl)o1. The second-order valence-electron chi connectivity index (χ2n) is 3.07. The Bertz CT molecular complexity index is 466. The van der Waals surface area contributed by atoms with E-state index in [1.807, 2.05) is 0 Å². The summed E-state index contributed by atoms with van der Waals surface area (Å²) in [6, 6.07) is 3.04. The fourth-order valence-electron chi connectivity index (χ4n) is 1.17. The van der Waals surface area contributed by atoms with Crippen LogP contribution in [-0.4, -0.2) is 27.9 Å². The summed E-state index contributed by atoms with van der Waals surface area (Å²) in [5, 5.41) is 12.9. The summed E-state index contributed by atoms with van der Waals surface area (Å²) in [4.78, 5) is 11.5. The van der Waals surface area contributed by atoms with Crippen LogP contribution in [0.4, 0.5) is 0 Å². The zero-order valence-corrected chi connectivity index (χ0v) is 8.99. The minimum Gasteiger partial charge on any atom is -0.440 e. The molecule has 0 aliphatic heterocycles. The molecule has 0 saturated heterocycles. The molecule has 2 aromatic rings. The van der Waals surface area contributed by atoms with Gasteiger partial charge in [-0.15, -0.1) is 0 Å².